The van der Waals surface area contributed by atoms with Crippen LogP contribution in [0.3, 0.4) is 0 Å². The van der Waals surface area contributed by atoms with E-state index in [-0.39, 0.29) is 5.91 Å². The highest BCUT2D eigenvalue weighted by molar-refractivity contribution is 14.1. The number of anilines is 2. The van der Waals surface area contributed by atoms with Crippen molar-refractivity contribution in [2.75, 3.05) is 11.1 Å². The molecule has 0 saturated heterocycles. The van der Waals surface area contributed by atoms with Crippen molar-refractivity contribution in [3.63, 3.8) is 0 Å². The molecule has 1 amide bonds. The lowest BCUT2D eigenvalue weighted by molar-refractivity contribution is 0.102. The van der Waals surface area contributed by atoms with Crippen LogP contribution in [0.25, 0.3) is 0 Å². The maximum absolute atomic E-state index is 11.8. The van der Waals surface area contributed by atoms with Gasteiger partial charge in [0, 0.05) is 8.95 Å². The topological polar surface area (TPSA) is 68.0 Å². The summed E-state index contributed by atoms with van der Waals surface area (Å²) in [6.45, 7) is 0. The zero-order chi connectivity index (χ0) is 12.4. The smallest absolute Gasteiger partial charge is 0.275 e. The molecular weight excluding hydrogens is 373 g/mol. The average Bonchev–Trinajstić information content (AvgIpc) is 2.69. The second-order valence-corrected chi connectivity index (χ2v) is 5.69. The zero-order valence-electron chi connectivity index (χ0n) is 8.41. The molecule has 0 aliphatic rings. The highest BCUT2D eigenvalue weighted by atomic mass is 127. The molecule has 17 heavy (non-hydrogen) atoms. The summed E-state index contributed by atoms with van der Waals surface area (Å²) in [5.41, 5.74) is 6.31. The maximum Gasteiger partial charge on any atom is 0.275 e. The Hall–Kier alpha value is -0.860. The third kappa shape index (κ3) is 3.08. The number of benzene rings is 1. The number of rotatable bonds is 2. The lowest BCUT2D eigenvalue weighted by atomic mass is 10.3. The molecule has 1 aromatic heterocycles. The SMILES string of the molecule is Nc1nc(C(=O)Nc2ccc(I)cc2Cl)cs1. The number of amides is 1. The number of aromatic nitrogens is 1. The monoisotopic (exact) mass is 379 g/mol. The summed E-state index contributed by atoms with van der Waals surface area (Å²) in [5, 5.41) is 5.14. The summed E-state index contributed by atoms with van der Waals surface area (Å²) < 4.78 is 1.00. The molecule has 0 spiro atoms. The number of hydrogen-bond donors (Lipinski definition) is 2. The van der Waals surface area contributed by atoms with Crippen LogP contribution in [-0.4, -0.2) is 10.9 Å². The molecule has 4 nitrogen and oxygen atoms in total. The second kappa shape index (κ2) is 5.19. The van der Waals surface area contributed by atoms with Crippen molar-refractivity contribution in [3.8, 4) is 0 Å². The molecule has 0 radical (unpaired) electrons. The number of carbonyl (C=O) groups excluding carboxylic acids is 1. The van der Waals surface area contributed by atoms with Gasteiger partial charge >= 0.3 is 0 Å². The van der Waals surface area contributed by atoms with Gasteiger partial charge in [-0.3, -0.25) is 4.79 Å². The zero-order valence-corrected chi connectivity index (χ0v) is 12.1. The maximum atomic E-state index is 11.8. The number of thiazole rings is 1. The van der Waals surface area contributed by atoms with Gasteiger partial charge in [-0.15, -0.1) is 11.3 Å². The highest BCUT2D eigenvalue weighted by Gasteiger charge is 2.11. The third-order valence-corrected chi connectivity index (χ3v) is 3.59. The molecule has 0 saturated carbocycles. The van der Waals surface area contributed by atoms with E-state index in [1.807, 2.05) is 6.07 Å². The van der Waals surface area contributed by atoms with E-state index in [0.29, 0.717) is 21.5 Å². The van der Waals surface area contributed by atoms with Gasteiger partial charge in [-0.05, 0) is 40.8 Å². The quantitative estimate of drug-likeness (QED) is 0.787. The first-order valence-corrected chi connectivity index (χ1v) is 6.87. The molecule has 0 aliphatic heterocycles. The highest BCUT2D eigenvalue weighted by Crippen LogP contribution is 2.24. The molecule has 7 heteroatoms. The Bertz CT molecular complexity index is 572. The Kier molecular flexibility index (Phi) is 3.85. The van der Waals surface area contributed by atoms with Gasteiger partial charge in [-0.2, -0.15) is 0 Å². The van der Waals surface area contributed by atoms with Gasteiger partial charge in [0.25, 0.3) is 5.91 Å². The predicted octanol–water partition coefficient (Wildman–Crippen LogP) is 3.24. The van der Waals surface area contributed by atoms with Crippen LogP contribution < -0.4 is 11.1 Å². The van der Waals surface area contributed by atoms with Crippen LogP contribution in [-0.2, 0) is 0 Å². The lowest BCUT2D eigenvalue weighted by Gasteiger charge is -2.05. The van der Waals surface area contributed by atoms with Gasteiger partial charge in [-0.1, -0.05) is 11.6 Å². The summed E-state index contributed by atoms with van der Waals surface area (Å²) in [6, 6.07) is 5.38. The van der Waals surface area contributed by atoms with Crippen LogP contribution in [0.15, 0.2) is 23.6 Å². The van der Waals surface area contributed by atoms with Crippen LogP contribution in [0.4, 0.5) is 10.8 Å². The third-order valence-electron chi connectivity index (χ3n) is 1.93. The van der Waals surface area contributed by atoms with E-state index in [0.717, 1.165) is 3.57 Å². The number of nitrogen functional groups attached to an aromatic ring is 1. The molecule has 0 fully saturated rings. The van der Waals surface area contributed by atoms with Gasteiger partial charge in [0.1, 0.15) is 5.69 Å². The Morgan fingerprint density at radius 2 is 2.29 bits per heavy atom. The first-order valence-electron chi connectivity index (χ1n) is 4.53. The molecular formula is C10H7ClIN3OS. The molecule has 1 heterocycles. The normalized spacial score (nSPS) is 10.2. The Balaban J connectivity index is 2.18. The number of hydrogen-bond acceptors (Lipinski definition) is 4. The summed E-state index contributed by atoms with van der Waals surface area (Å²) in [7, 11) is 0. The second-order valence-electron chi connectivity index (χ2n) is 3.15. The Labute approximate surface area is 120 Å². The van der Waals surface area contributed by atoms with Gasteiger partial charge < -0.3 is 11.1 Å². The van der Waals surface area contributed by atoms with Crippen LogP contribution in [0.5, 0.6) is 0 Å². The first-order chi connectivity index (χ1) is 8.06. The van der Waals surface area contributed by atoms with E-state index in [1.54, 1.807) is 17.5 Å². The van der Waals surface area contributed by atoms with Crippen molar-refractivity contribution in [1.82, 2.24) is 4.98 Å². The minimum absolute atomic E-state index is 0.294. The van der Waals surface area contributed by atoms with E-state index < -0.39 is 0 Å². The molecule has 0 aliphatic carbocycles. The van der Waals surface area contributed by atoms with Crippen LogP contribution >= 0.6 is 45.5 Å². The number of carbonyl (C=O) groups is 1. The fourth-order valence-electron chi connectivity index (χ4n) is 1.17. The van der Waals surface area contributed by atoms with E-state index in [4.69, 9.17) is 17.3 Å². The fraction of sp³-hybridized carbons (Fsp3) is 0. The largest absolute Gasteiger partial charge is 0.375 e. The minimum atomic E-state index is -0.318. The number of nitrogens with two attached hydrogens (primary N) is 1. The van der Waals surface area contributed by atoms with Gasteiger partial charge in [-0.25, -0.2) is 4.98 Å². The number of nitrogens with one attached hydrogen (secondary N) is 1. The lowest BCUT2D eigenvalue weighted by Crippen LogP contribution is -2.12. The molecule has 0 atom stereocenters. The van der Waals surface area contributed by atoms with E-state index >= 15 is 0 Å². The number of nitrogens with zero attached hydrogens (tertiary/aromatic N) is 1. The van der Waals surface area contributed by atoms with Crippen LogP contribution in [0, 0.1) is 3.57 Å². The molecule has 3 N–H and O–H groups in total. The fourth-order valence-corrected chi connectivity index (χ4v) is 2.62. The molecule has 0 bridgehead atoms. The summed E-state index contributed by atoms with van der Waals surface area (Å²) in [4.78, 5) is 15.7. The van der Waals surface area contributed by atoms with Crippen LogP contribution in [0.2, 0.25) is 5.02 Å². The van der Waals surface area contributed by atoms with Crippen molar-refractivity contribution < 1.29 is 4.79 Å². The predicted molar refractivity (Wildman–Crippen MR) is 78.6 cm³/mol. The standard InChI is InChI=1S/C10H7ClIN3OS/c11-6-3-5(12)1-2-7(6)14-9(16)8-4-17-10(13)15-8/h1-4H,(H2,13,15)(H,14,16). The van der Waals surface area contributed by atoms with Gasteiger partial charge in [0.05, 0.1) is 10.7 Å². The summed E-state index contributed by atoms with van der Waals surface area (Å²) >= 11 is 9.37. The van der Waals surface area contributed by atoms with E-state index in [9.17, 15) is 4.79 Å². The van der Waals surface area contributed by atoms with Crippen molar-refractivity contribution in [2.24, 2.45) is 0 Å². The molecule has 88 valence electrons. The first kappa shape index (κ1) is 12.6. The molecule has 1 aromatic carbocycles. The van der Waals surface area contributed by atoms with Gasteiger partial charge in [0.15, 0.2) is 5.13 Å². The summed E-state index contributed by atoms with van der Waals surface area (Å²) in [5.74, 6) is -0.318. The minimum Gasteiger partial charge on any atom is -0.375 e. The van der Waals surface area contributed by atoms with Gasteiger partial charge in [0.2, 0.25) is 0 Å². The van der Waals surface area contributed by atoms with Crippen LogP contribution in [0.1, 0.15) is 10.5 Å². The molecule has 0 unspecified atom stereocenters. The summed E-state index contributed by atoms with van der Waals surface area (Å²) in [6.07, 6.45) is 0. The molecule has 2 rings (SSSR count). The van der Waals surface area contributed by atoms with Crippen molar-refractivity contribution in [3.05, 3.63) is 37.9 Å². The van der Waals surface area contributed by atoms with Crippen molar-refractivity contribution in [1.29, 1.82) is 0 Å². The Morgan fingerprint density at radius 1 is 1.53 bits per heavy atom. The average molecular weight is 380 g/mol. The van der Waals surface area contributed by atoms with Crippen molar-refractivity contribution in [2.45, 2.75) is 0 Å². The van der Waals surface area contributed by atoms with Crippen molar-refractivity contribution >= 4 is 62.3 Å². The van der Waals surface area contributed by atoms with E-state index in [2.05, 4.69) is 32.9 Å². The number of halogens is 2. The molecule has 2 aromatic rings. The Morgan fingerprint density at radius 3 is 2.88 bits per heavy atom. The van der Waals surface area contributed by atoms with E-state index in [1.165, 1.54) is 11.3 Å².